The molecule has 1 saturated heterocycles. The lowest BCUT2D eigenvalue weighted by atomic mass is 9.98. The Morgan fingerprint density at radius 1 is 1.24 bits per heavy atom. The molecular formula is C18H27NO2. The van der Waals surface area contributed by atoms with Gasteiger partial charge in [-0.15, -0.1) is 0 Å². The molecule has 1 aliphatic heterocycles. The van der Waals surface area contributed by atoms with Gasteiger partial charge in [0.15, 0.2) is 0 Å². The van der Waals surface area contributed by atoms with Gasteiger partial charge in [0.1, 0.15) is 6.04 Å². The molecule has 0 bridgehead atoms. The number of rotatable bonds is 5. The molecule has 21 heavy (non-hydrogen) atoms. The highest BCUT2D eigenvalue weighted by Gasteiger charge is 2.32. The molecule has 0 saturated carbocycles. The Hall–Kier alpha value is -1.35. The van der Waals surface area contributed by atoms with E-state index in [4.69, 9.17) is 0 Å². The zero-order valence-corrected chi connectivity index (χ0v) is 13.2. The van der Waals surface area contributed by atoms with Gasteiger partial charge in [0, 0.05) is 6.04 Å². The smallest absolute Gasteiger partial charge is 0.320 e. The van der Waals surface area contributed by atoms with Gasteiger partial charge in [-0.2, -0.15) is 0 Å². The minimum Gasteiger partial charge on any atom is -0.480 e. The Balaban J connectivity index is 2.25. The Morgan fingerprint density at radius 2 is 1.95 bits per heavy atom. The van der Waals surface area contributed by atoms with Crippen molar-refractivity contribution in [1.82, 2.24) is 4.90 Å². The maximum Gasteiger partial charge on any atom is 0.320 e. The summed E-state index contributed by atoms with van der Waals surface area (Å²) < 4.78 is 0. The van der Waals surface area contributed by atoms with Crippen LogP contribution >= 0.6 is 0 Å². The predicted octanol–water partition coefficient (Wildman–Crippen LogP) is 4.03. The van der Waals surface area contributed by atoms with E-state index < -0.39 is 5.97 Å². The summed E-state index contributed by atoms with van der Waals surface area (Å²) in [5.74, 6) is -0.666. The number of carboxylic acids is 1. The standard InChI is InChI=1S/C18H27NO2/c1-3-14-9-11-15(12-10-14)16(4-2)19-13-7-5-6-8-17(19)18(20)21/h9-12,16-17H,3-8,13H2,1-2H3,(H,20,21). The lowest BCUT2D eigenvalue weighted by Gasteiger charge is -2.34. The van der Waals surface area contributed by atoms with Crippen LogP contribution in [-0.2, 0) is 11.2 Å². The van der Waals surface area contributed by atoms with Crippen LogP contribution in [0.25, 0.3) is 0 Å². The molecule has 1 aromatic rings. The molecule has 116 valence electrons. The molecule has 1 fully saturated rings. The zero-order chi connectivity index (χ0) is 15.2. The largest absolute Gasteiger partial charge is 0.480 e. The van der Waals surface area contributed by atoms with Gasteiger partial charge in [-0.3, -0.25) is 9.69 Å². The van der Waals surface area contributed by atoms with Crippen LogP contribution in [0.15, 0.2) is 24.3 Å². The summed E-state index contributed by atoms with van der Waals surface area (Å²) in [5, 5.41) is 9.57. The number of hydrogen-bond donors (Lipinski definition) is 1. The van der Waals surface area contributed by atoms with E-state index in [-0.39, 0.29) is 12.1 Å². The second-order valence-corrected chi connectivity index (χ2v) is 5.96. The third-order valence-electron chi connectivity index (χ3n) is 4.64. The summed E-state index contributed by atoms with van der Waals surface area (Å²) in [6.45, 7) is 5.20. The average molecular weight is 289 g/mol. The SMILES string of the molecule is CCc1ccc(C(CC)N2CCCCCC2C(=O)O)cc1. The van der Waals surface area contributed by atoms with Gasteiger partial charge in [-0.1, -0.05) is 51.0 Å². The number of aliphatic carboxylic acids is 1. The fourth-order valence-electron chi connectivity index (χ4n) is 3.41. The summed E-state index contributed by atoms with van der Waals surface area (Å²) in [6.07, 6.45) is 6.05. The van der Waals surface area contributed by atoms with Crippen LogP contribution in [0.3, 0.4) is 0 Å². The van der Waals surface area contributed by atoms with E-state index in [1.807, 2.05) is 0 Å². The van der Waals surface area contributed by atoms with E-state index in [9.17, 15) is 9.90 Å². The first-order valence-corrected chi connectivity index (χ1v) is 8.24. The first kappa shape index (κ1) is 16.0. The van der Waals surface area contributed by atoms with Gasteiger partial charge >= 0.3 is 5.97 Å². The molecule has 0 aromatic heterocycles. The molecular weight excluding hydrogens is 262 g/mol. The van der Waals surface area contributed by atoms with E-state index in [1.165, 1.54) is 11.1 Å². The van der Waals surface area contributed by atoms with Crippen LogP contribution in [0.4, 0.5) is 0 Å². The van der Waals surface area contributed by atoms with Crippen LogP contribution in [0.2, 0.25) is 0 Å². The highest BCUT2D eigenvalue weighted by molar-refractivity contribution is 5.73. The van der Waals surface area contributed by atoms with Crippen molar-refractivity contribution in [3.63, 3.8) is 0 Å². The van der Waals surface area contributed by atoms with Gasteiger partial charge in [-0.05, 0) is 43.4 Å². The van der Waals surface area contributed by atoms with E-state index in [1.54, 1.807) is 0 Å². The molecule has 3 heteroatoms. The number of carboxylic acid groups (broad SMARTS) is 1. The quantitative estimate of drug-likeness (QED) is 0.889. The monoisotopic (exact) mass is 289 g/mol. The summed E-state index contributed by atoms with van der Waals surface area (Å²) in [4.78, 5) is 13.8. The van der Waals surface area contributed by atoms with Gasteiger partial charge in [0.05, 0.1) is 0 Å². The van der Waals surface area contributed by atoms with Crippen molar-refractivity contribution in [3.05, 3.63) is 35.4 Å². The summed E-state index contributed by atoms with van der Waals surface area (Å²) in [5.41, 5.74) is 2.59. The van der Waals surface area contributed by atoms with Crippen LogP contribution < -0.4 is 0 Å². The first-order chi connectivity index (χ1) is 10.2. The fourth-order valence-corrected chi connectivity index (χ4v) is 3.41. The van der Waals surface area contributed by atoms with Crippen molar-refractivity contribution in [3.8, 4) is 0 Å². The number of likely N-dealkylation sites (tertiary alicyclic amines) is 1. The Bertz CT molecular complexity index is 455. The average Bonchev–Trinajstić information content (AvgIpc) is 2.75. The molecule has 1 aromatic carbocycles. The van der Waals surface area contributed by atoms with Crippen LogP contribution in [0, 0.1) is 0 Å². The number of benzene rings is 1. The number of carbonyl (C=O) groups is 1. The maximum absolute atomic E-state index is 11.6. The van der Waals surface area contributed by atoms with E-state index in [2.05, 4.69) is 43.0 Å². The zero-order valence-electron chi connectivity index (χ0n) is 13.2. The molecule has 2 atom stereocenters. The van der Waals surface area contributed by atoms with Crippen molar-refractivity contribution in [2.75, 3.05) is 6.54 Å². The van der Waals surface area contributed by atoms with Crippen LogP contribution in [0.1, 0.15) is 63.1 Å². The Kier molecular flexibility index (Phi) is 5.80. The van der Waals surface area contributed by atoms with Gasteiger partial charge in [0.2, 0.25) is 0 Å². The third kappa shape index (κ3) is 3.85. The molecule has 1 heterocycles. The number of nitrogens with zero attached hydrogens (tertiary/aromatic N) is 1. The number of aryl methyl sites for hydroxylation is 1. The lowest BCUT2D eigenvalue weighted by molar-refractivity contribution is -0.144. The molecule has 0 amide bonds. The molecule has 1 aliphatic rings. The molecule has 3 nitrogen and oxygen atoms in total. The highest BCUT2D eigenvalue weighted by Crippen LogP contribution is 2.30. The topological polar surface area (TPSA) is 40.5 Å². The van der Waals surface area contributed by atoms with Gasteiger partial charge < -0.3 is 5.11 Å². The maximum atomic E-state index is 11.6. The van der Waals surface area contributed by atoms with Crippen molar-refractivity contribution >= 4 is 5.97 Å². The van der Waals surface area contributed by atoms with Crippen molar-refractivity contribution in [1.29, 1.82) is 0 Å². The molecule has 0 aliphatic carbocycles. The van der Waals surface area contributed by atoms with E-state index in [0.717, 1.165) is 45.1 Å². The first-order valence-electron chi connectivity index (χ1n) is 8.24. The van der Waals surface area contributed by atoms with Gasteiger partial charge in [0.25, 0.3) is 0 Å². The fraction of sp³-hybridized carbons (Fsp3) is 0.611. The molecule has 0 radical (unpaired) electrons. The molecule has 2 unspecified atom stereocenters. The second-order valence-electron chi connectivity index (χ2n) is 5.96. The predicted molar refractivity (Wildman–Crippen MR) is 85.4 cm³/mol. The number of hydrogen-bond acceptors (Lipinski definition) is 2. The second kappa shape index (κ2) is 7.60. The summed E-state index contributed by atoms with van der Waals surface area (Å²) >= 11 is 0. The highest BCUT2D eigenvalue weighted by atomic mass is 16.4. The van der Waals surface area contributed by atoms with Crippen LogP contribution in [0.5, 0.6) is 0 Å². The van der Waals surface area contributed by atoms with E-state index >= 15 is 0 Å². The molecule has 0 spiro atoms. The summed E-state index contributed by atoms with van der Waals surface area (Å²) in [7, 11) is 0. The minimum atomic E-state index is -0.666. The molecule has 2 rings (SSSR count). The normalized spacial score (nSPS) is 21.7. The Labute approximate surface area is 128 Å². The third-order valence-corrected chi connectivity index (χ3v) is 4.64. The summed E-state index contributed by atoms with van der Waals surface area (Å²) in [6, 6.07) is 8.59. The van der Waals surface area contributed by atoms with E-state index in [0.29, 0.717) is 0 Å². The van der Waals surface area contributed by atoms with Crippen molar-refractivity contribution in [2.45, 2.75) is 64.5 Å². The van der Waals surface area contributed by atoms with Crippen LogP contribution in [-0.4, -0.2) is 28.6 Å². The molecule has 1 N–H and O–H groups in total. The van der Waals surface area contributed by atoms with Crippen molar-refractivity contribution in [2.24, 2.45) is 0 Å². The lowest BCUT2D eigenvalue weighted by Crippen LogP contribution is -2.43. The van der Waals surface area contributed by atoms with Crippen molar-refractivity contribution < 1.29 is 9.90 Å². The minimum absolute atomic E-state index is 0.218. The van der Waals surface area contributed by atoms with Gasteiger partial charge in [-0.25, -0.2) is 0 Å². The Morgan fingerprint density at radius 3 is 2.52 bits per heavy atom.